The van der Waals surface area contributed by atoms with Gasteiger partial charge in [-0.15, -0.1) is 11.3 Å². The summed E-state index contributed by atoms with van der Waals surface area (Å²) in [6, 6.07) is 5.19. The lowest BCUT2D eigenvalue weighted by Crippen LogP contribution is -1.94. The van der Waals surface area contributed by atoms with Gasteiger partial charge in [0.05, 0.1) is 15.7 Å². The number of aryl methyl sites for hydroxylation is 1. The zero-order chi connectivity index (χ0) is 12.6. The summed E-state index contributed by atoms with van der Waals surface area (Å²) >= 11 is 13.0. The number of benzene rings is 1. The quantitative estimate of drug-likeness (QED) is 0.904. The summed E-state index contributed by atoms with van der Waals surface area (Å²) in [5.74, 6) is -0.982. The Morgan fingerprint density at radius 3 is 2.71 bits per heavy atom. The molecule has 0 amide bonds. The van der Waals surface area contributed by atoms with Crippen LogP contribution < -0.4 is 0 Å². The van der Waals surface area contributed by atoms with Crippen LogP contribution in [0.1, 0.15) is 15.4 Å². The van der Waals surface area contributed by atoms with Crippen molar-refractivity contribution < 1.29 is 9.90 Å². The monoisotopic (exact) mass is 287 g/mol. The number of aromatic carboxylic acids is 1. The third kappa shape index (κ3) is 2.29. The molecular weight excluding hydrogens is 281 g/mol. The predicted octanol–water partition coefficient (Wildman–Crippen LogP) is 4.12. The van der Waals surface area contributed by atoms with E-state index in [0.29, 0.717) is 26.3 Å². The van der Waals surface area contributed by atoms with E-state index in [1.54, 1.807) is 25.1 Å². The molecule has 0 unspecified atom stereocenters. The molecule has 1 heterocycles. The van der Waals surface area contributed by atoms with Crippen LogP contribution in [0.5, 0.6) is 0 Å². The molecule has 1 aromatic carbocycles. The Morgan fingerprint density at radius 1 is 1.41 bits per heavy atom. The fourth-order valence-electron chi connectivity index (χ4n) is 1.38. The molecule has 1 aromatic heterocycles. The van der Waals surface area contributed by atoms with E-state index in [1.807, 2.05) is 0 Å². The second kappa shape index (κ2) is 4.64. The molecule has 17 heavy (non-hydrogen) atoms. The largest absolute Gasteiger partial charge is 0.477 e. The van der Waals surface area contributed by atoms with E-state index >= 15 is 0 Å². The lowest BCUT2D eigenvalue weighted by atomic mass is 10.2. The predicted molar refractivity (Wildman–Crippen MR) is 69.3 cm³/mol. The average molecular weight is 288 g/mol. The average Bonchev–Trinajstić information content (AvgIpc) is 2.64. The van der Waals surface area contributed by atoms with E-state index < -0.39 is 5.97 Å². The van der Waals surface area contributed by atoms with E-state index in [2.05, 4.69) is 4.98 Å². The standard InChI is InChI=1S/C11H7Cl2NO2S/c1-5-9(11(15)16)17-10(14-5)6-3-2-4-7(12)8(6)13/h2-4H,1H3,(H,15,16). The van der Waals surface area contributed by atoms with Gasteiger partial charge in [-0.3, -0.25) is 0 Å². The van der Waals surface area contributed by atoms with Crippen molar-refractivity contribution in [2.75, 3.05) is 0 Å². The van der Waals surface area contributed by atoms with Crippen LogP contribution in [0.25, 0.3) is 10.6 Å². The molecule has 6 heteroatoms. The highest BCUT2D eigenvalue weighted by molar-refractivity contribution is 7.17. The van der Waals surface area contributed by atoms with Crippen LogP contribution in [0.3, 0.4) is 0 Å². The molecule has 0 aliphatic rings. The molecule has 0 atom stereocenters. The first-order valence-corrected chi connectivity index (χ1v) is 6.23. The fraction of sp³-hybridized carbons (Fsp3) is 0.0909. The maximum atomic E-state index is 10.9. The number of nitrogens with zero attached hydrogens (tertiary/aromatic N) is 1. The molecule has 0 radical (unpaired) electrons. The normalized spacial score (nSPS) is 10.5. The van der Waals surface area contributed by atoms with Gasteiger partial charge >= 0.3 is 5.97 Å². The second-order valence-corrected chi connectivity index (χ2v) is 5.12. The third-order valence-corrected chi connectivity index (χ3v) is 4.17. The molecule has 2 rings (SSSR count). The maximum Gasteiger partial charge on any atom is 0.347 e. The molecular formula is C11H7Cl2NO2S. The number of hydrogen-bond donors (Lipinski definition) is 1. The van der Waals surface area contributed by atoms with Crippen LogP contribution in [0, 0.1) is 6.92 Å². The van der Waals surface area contributed by atoms with Gasteiger partial charge in [-0.25, -0.2) is 9.78 Å². The molecule has 1 N–H and O–H groups in total. The van der Waals surface area contributed by atoms with Crippen molar-refractivity contribution in [1.29, 1.82) is 0 Å². The molecule has 88 valence electrons. The number of carboxylic acid groups (broad SMARTS) is 1. The highest BCUT2D eigenvalue weighted by atomic mass is 35.5. The van der Waals surface area contributed by atoms with E-state index in [0.717, 1.165) is 11.3 Å². The Kier molecular flexibility index (Phi) is 3.38. The van der Waals surface area contributed by atoms with E-state index in [-0.39, 0.29) is 4.88 Å². The number of hydrogen-bond acceptors (Lipinski definition) is 3. The highest BCUT2D eigenvalue weighted by Gasteiger charge is 2.17. The summed E-state index contributed by atoms with van der Waals surface area (Å²) in [5, 5.41) is 10.3. The van der Waals surface area contributed by atoms with Crippen molar-refractivity contribution in [2.24, 2.45) is 0 Å². The summed E-state index contributed by atoms with van der Waals surface area (Å²) in [7, 11) is 0. The van der Waals surface area contributed by atoms with Crippen molar-refractivity contribution in [2.45, 2.75) is 6.92 Å². The molecule has 0 aliphatic carbocycles. The number of rotatable bonds is 2. The van der Waals surface area contributed by atoms with Gasteiger partial charge in [0.25, 0.3) is 0 Å². The molecule has 0 bridgehead atoms. The van der Waals surface area contributed by atoms with E-state index in [1.165, 1.54) is 0 Å². The van der Waals surface area contributed by atoms with Crippen LogP contribution in [-0.2, 0) is 0 Å². The Hall–Kier alpha value is -1.10. The molecule has 0 saturated carbocycles. The number of thiazole rings is 1. The summed E-state index contributed by atoms with van der Waals surface area (Å²) in [4.78, 5) is 15.3. The van der Waals surface area contributed by atoms with Crippen LogP contribution in [0.4, 0.5) is 0 Å². The highest BCUT2D eigenvalue weighted by Crippen LogP contribution is 2.36. The Morgan fingerprint density at radius 2 is 2.12 bits per heavy atom. The maximum absolute atomic E-state index is 10.9. The molecule has 0 aliphatic heterocycles. The smallest absolute Gasteiger partial charge is 0.347 e. The van der Waals surface area contributed by atoms with Crippen molar-refractivity contribution in [3.8, 4) is 10.6 Å². The summed E-state index contributed by atoms with van der Waals surface area (Å²) in [6.07, 6.45) is 0. The molecule has 0 saturated heterocycles. The van der Waals surface area contributed by atoms with Crippen LogP contribution >= 0.6 is 34.5 Å². The van der Waals surface area contributed by atoms with E-state index in [4.69, 9.17) is 28.3 Å². The van der Waals surface area contributed by atoms with Crippen molar-refractivity contribution in [1.82, 2.24) is 4.98 Å². The SMILES string of the molecule is Cc1nc(-c2cccc(Cl)c2Cl)sc1C(=O)O. The first-order chi connectivity index (χ1) is 8.00. The van der Waals surface area contributed by atoms with Crippen LogP contribution in [0.15, 0.2) is 18.2 Å². The number of aromatic nitrogens is 1. The van der Waals surface area contributed by atoms with Gasteiger partial charge in [-0.2, -0.15) is 0 Å². The van der Waals surface area contributed by atoms with Crippen molar-refractivity contribution in [3.63, 3.8) is 0 Å². The molecule has 0 fully saturated rings. The first-order valence-electron chi connectivity index (χ1n) is 4.66. The number of carbonyl (C=O) groups is 1. The topological polar surface area (TPSA) is 50.2 Å². The van der Waals surface area contributed by atoms with Gasteiger partial charge in [0, 0.05) is 5.56 Å². The first kappa shape index (κ1) is 12.4. The summed E-state index contributed by atoms with van der Waals surface area (Å²) in [6.45, 7) is 1.65. The van der Waals surface area contributed by atoms with Crippen molar-refractivity contribution in [3.05, 3.63) is 38.8 Å². The van der Waals surface area contributed by atoms with Gasteiger partial charge in [0.1, 0.15) is 9.88 Å². The minimum absolute atomic E-state index is 0.219. The molecule has 2 aromatic rings. The summed E-state index contributed by atoms with van der Waals surface area (Å²) < 4.78 is 0. The minimum atomic E-state index is -0.982. The minimum Gasteiger partial charge on any atom is -0.477 e. The molecule has 3 nitrogen and oxygen atoms in total. The Balaban J connectivity index is 2.58. The summed E-state index contributed by atoms with van der Waals surface area (Å²) in [5.41, 5.74) is 1.13. The van der Waals surface area contributed by atoms with Gasteiger partial charge in [0.2, 0.25) is 0 Å². The van der Waals surface area contributed by atoms with Crippen molar-refractivity contribution >= 4 is 40.5 Å². The second-order valence-electron chi connectivity index (χ2n) is 3.34. The lowest BCUT2D eigenvalue weighted by molar-refractivity contribution is 0.0701. The Labute approximate surface area is 112 Å². The van der Waals surface area contributed by atoms with Gasteiger partial charge in [0.15, 0.2) is 0 Å². The molecule has 0 spiro atoms. The zero-order valence-corrected chi connectivity index (χ0v) is 11.0. The van der Waals surface area contributed by atoms with Gasteiger partial charge < -0.3 is 5.11 Å². The fourth-order valence-corrected chi connectivity index (χ4v) is 2.76. The lowest BCUT2D eigenvalue weighted by Gasteiger charge is -2.01. The Bertz CT molecular complexity index is 595. The number of halogens is 2. The van der Waals surface area contributed by atoms with Crippen LogP contribution in [0.2, 0.25) is 10.0 Å². The van der Waals surface area contributed by atoms with Gasteiger partial charge in [-0.05, 0) is 13.0 Å². The van der Waals surface area contributed by atoms with Gasteiger partial charge in [-0.1, -0.05) is 35.3 Å². The van der Waals surface area contributed by atoms with E-state index in [9.17, 15) is 4.79 Å². The number of carboxylic acids is 1. The zero-order valence-electron chi connectivity index (χ0n) is 8.70. The van der Waals surface area contributed by atoms with Crippen LogP contribution in [-0.4, -0.2) is 16.1 Å². The third-order valence-electron chi connectivity index (χ3n) is 2.17.